The van der Waals surface area contributed by atoms with Crippen molar-refractivity contribution in [3.05, 3.63) is 35.4 Å². The molecule has 6 nitrogen and oxygen atoms in total. The molecule has 1 atom stereocenters. The van der Waals surface area contributed by atoms with E-state index in [0.717, 1.165) is 11.1 Å². The first-order chi connectivity index (χ1) is 10.7. The number of amides is 1. The number of rotatable bonds is 2. The summed E-state index contributed by atoms with van der Waals surface area (Å²) in [6.07, 6.45) is -1.38. The van der Waals surface area contributed by atoms with Gasteiger partial charge in [-0.1, -0.05) is 24.3 Å². The Morgan fingerprint density at radius 1 is 1.13 bits per heavy atom. The van der Waals surface area contributed by atoms with Crippen LogP contribution in [-0.4, -0.2) is 34.6 Å². The van der Waals surface area contributed by atoms with E-state index >= 15 is 0 Å². The van der Waals surface area contributed by atoms with Crippen LogP contribution < -0.4 is 0 Å². The Kier molecular flexibility index (Phi) is 4.73. The van der Waals surface area contributed by atoms with Gasteiger partial charge in [0.25, 0.3) is 5.91 Å². The molecule has 1 unspecified atom stereocenters. The smallest absolute Gasteiger partial charge is 0.429 e. The lowest BCUT2D eigenvalue weighted by molar-refractivity contribution is -0.154. The molecule has 1 aliphatic heterocycles. The van der Waals surface area contributed by atoms with Gasteiger partial charge in [0.2, 0.25) is 5.78 Å². The summed E-state index contributed by atoms with van der Waals surface area (Å²) in [5.74, 6) is -1.27. The van der Waals surface area contributed by atoms with E-state index in [-0.39, 0.29) is 6.54 Å². The van der Waals surface area contributed by atoms with Gasteiger partial charge in [-0.3, -0.25) is 14.5 Å². The molecule has 1 heterocycles. The first-order valence-corrected chi connectivity index (χ1v) is 7.45. The summed E-state index contributed by atoms with van der Waals surface area (Å²) in [5.41, 5.74) is 1.22. The second-order valence-electron chi connectivity index (χ2n) is 6.50. The summed E-state index contributed by atoms with van der Waals surface area (Å²) in [5, 5.41) is 0. The Morgan fingerprint density at radius 2 is 1.74 bits per heavy atom. The Labute approximate surface area is 135 Å². The predicted octanol–water partition coefficient (Wildman–Crippen LogP) is 2.44. The molecular weight excluding hydrogens is 298 g/mol. The molecule has 2 rings (SSSR count). The summed E-state index contributed by atoms with van der Waals surface area (Å²) >= 11 is 0. The first kappa shape index (κ1) is 17.0. The zero-order chi connectivity index (χ0) is 17.2. The van der Waals surface area contributed by atoms with Gasteiger partial charge >= 0.3 is 6.16 Å². The average Bonchev–Trinajstić information content (AvgIpc) is 2.43. The molecule has 0 fully saturated rings. The van der Waals surface area contributed by atoms with Crippen LogP contribution in [-0.2, 0) is 32.0 Å². The molecule has 1 aliphatic rings. The van der Waals surface area contributed by atoms with E-state index < -0.39 is 29.7 Å². The second kappa shape index (κ2) is 6.40. The SMILES string of the molecule is CC(=O)C(=O)N1Cc2ccccc2CC1OC(=O)OC(C)(C)C. The van der Waals surface area contributed by atoms with Crippen LogP contribution in [0.15, 0.2) is 24.3 Å². The largest absolute Gasteiger partial charge is 0.510 e. The van der Waals surface area contributed by atoms with Crippen LogP contribution >= 0.6 is 0 Å². The van der Waals surface area contributed by atoms with Crippen molar-refractivity contribution in [3.8, 4) is 0 Å². The lowest BCUT2D eigenvalue weighted by atomic mass is 9.98. The highest BCUT2D eigenvalue weighted by atomic mass is 16.7. The van der Waals surface area contributed by atoms with Gasteiger partial charge in [0.15, 0.2) is 6.23 Å². The predicted molar refractivity (Wildman–Crippen MR) is 82.5 cm³/mol. The molecule has 0 saturated heterocycles. The third kappa shape index (κ3) is 4.31. The van der Waals surface area contributed by atoms with Crippen LogP contribution in [0.1, 0.15) is 38.8 Å². The summed E-state index contributed by atoms with van der Waals surface area (Å²) in [7, 11) is 0. The molecule has 6 heteroatoms. The molecular formula is C17H21NO5. The molecule has 0 spiro atoms. The van der Waals surface area contributed by atoms with Gasteiger partial charge < -0.3 is 9.47 Å². The number of Topliss-reactive ketones (excluding diaryl/α,β-unsaturated/α-hetero) is 1. The first-order valence-electron chi connectivity index (χ1n) is 7.45. The number of benzene rings is 1. The third-order valence-electron chi connectivity index (χ3n) is 3.39. The molecule has 23 heavy (non-hydrogen) atoms. The molecule has 0 N–H and O–H groups in total. The standard InChI is InChI=1S/C17H21NO5/c1-11(19)15(20)18-10-13-8-6-5-7-12(13)9-14(18)22-16(21)23-17(2,3)4/h5-8,14H,9-10H2,1-4H3. The average molecular weight is 319 g/mol. The van der Waals surface area contributed by atoms with Crippen LogP contribution in [0.25, 0.3) is 0 Å². The van der Waals surface area contributed by atoms with E-state index in [4.69, 9.17) is 9.47 Å². The van der Waals surface area contributed by atoms with Crippen molar-refractivity contribution in [2.45, 2.75) is 52.5 Å². The highest BCUT2D eigenvalue weighted by Crippen LogP contribution is 2.25. The fourth-order valence-electron chi connectivity index (χ4n) is 2.39. The summed E-state index contributed by atoms with van der Waals surface area (Å²) in [6.45, 7) is 6.60. The number of nitrogens with zero attached hydrogens (tertiary/aromatic N) is 1. The summed E-state index contributed by atoms with van der Waals surface area (Å²) < 4.78 is 10.4. The maximum absolute atomic E-state index is 12.1. The van der Waals surface area contributed by atoms with E-state index in [1.165, 1.54) is 11.8 Å². The van der Waals surface area contributed by atoms with E-state index in [1.54, 1.807) is 20.8 Å². The van der Waals surface area contributed by atoms with Gasteiger partial charge in [0.05, 0.1) is 0 Å². The van der Waals surface area contributed by atoms with E-state index in [2.05, 4.69) is 0 Å². The number of ether oxygens (including phenoxy) is 2. The van der Waals surface area contributed by atoms with Crippen LogP contribution in [0.3, 0.4) is 0 Å². The Morgan fingerprint density at radius 3 is 2.30 bits per heavy atom. The van der Waals surface area contributed by atoms with Gasteiger partial charge in [0.1, 0.15) is 5.60 Å². The minimum atomic E-state index is -0.858. The quantitative estimate of drug-likeness (QED) is 0.618. The van der Waals surface area contributed by atoms with Crippen LogP contribution in [0.5, 0.6) is 0 Å². The van der Waals surface area contributed by atoms with Gasteiger partial charge in [0, 0.05) is 19.9 Å². The van der Waals surface area contributed by atoms with Gasteiger partial charge in [-0.25, -0.2) is 4.79 Å². The molecule has 0 aromatic heterocycles. The van der Waals surface area contributed by atoms with Crippen molar-refractivity contribution < 1.29 is 23.9 Å². The number of hydrogen-bond donors (Lipinski definition) is 0. The number of carbonyl (C=O) groups is 3. The van der Waals surface area contributed by atoms with Crippen LogP contribution in [0.2, 0.25) is 0 Å². The topological polar surface area (TPSA) is 72.9 Å². The van der Waals surface area contributed by atoms with Crippen molar-refractivity contribution in [1.29, 1.82) is 0 Å². The van der Waals surface area contributed by atoms with Gasteiger partial charge in [-0.15, -0.1) is 0 Å². The van der Waals surface area contributed by atoms with Crippen molar-refractivity contribution in [2.24, 2.45) is 0 Å². The molecule has 1 amide bonds. The Balaban J connectivity index is 2.21. The highest BCUT2D eigenvalue weighted by Gasteiger charge is 2.35. The van der Waals surface area contributed by atoms with E-state index in [1.807, 2.05) is 24.3 Å². The number of ketones is 1. The zero-order valence-corrected chi connectivity index (χ0v) is 13.8. The maximum atomic E-state index is 12.1. The third-order valence-corrected chi connectivity index (χ3v) is 3.39. The molecule has 1 aromatic carbocycles. The lowest BCUT2D eigenvalue weighted by Gasteiger charge is -2.35. The summed E-state index contributed by atoms with van der Waals surface area (Å²) in [6, 6.07) is 7.55. The molecule has 124 valence electrons. The molecule has 0 aliphatic carbocycles. The molecule has 0 saturated carbocycles. The van der Waals surface area contributed by atoms with Crippen molar-refractivity contribution in [3.63, 3.8) is 0 Å². The fraction of sp³-hybridized carbons (Fsp3) is 0.471. The Hall–Kier alpha value is -2.37. The minimum absolute atomic E-state index is 0.224. The minimum Gasteiger partial charge on any atom is -0.429 e. The van der Waals surface area contributed by atoms with Gasteiger partial charge in [-0.2, -0.15) is 0 Å². The van der Waals surface area contributed by atoms with E-state index in [9.17, 15) is 14.4 Å². The monoisotopic (exact) mass is 319 g/mol. The highest BCUT2D eigenvalue weighted by molar-refractivity contribution is 6.35. The van der Waals surface area contributed by atoms with Crippen LogP contribution in [0.4, 0.5) is 4.79 Å². The molecule has 0 bridgehead atoms. The fourth-order valence-corrected chi connectivity index (χ4v) is 2.39. The van der Waals surface area contributed by atoms with Gasteiger partial charge in [-0.05, 0) is 31.9 Å². The molecule has 0 radical (unpaired) electrons. The Bertz CT molecular complexity index is 632. The second-order valence-corrected chi connectivity index (χ2v) is 6.50. The number of hydrogen-bond acceptors (Lipinski definition) is 5. The zero-order valence-electron chi connectivity index (χ0n) is 13.8. The lowest BCUT2D eigenvalue weighted by Crippen LogP contribution is -2.49. The normalized spacial score (nSPS) is 17.2. The van der Waals surface area contributed by atoms with Crippen molar-refractivity contribution in [1.82, 2.24) is 4.90 Å². The van der Waals surface area contributed by atoms with Crippen molar-refractivity contribution in [2.75, 3.05) is 0 Å². The van der Waals surface area contributed by atoms with E-state index in [0.29, 0.717) is 6.42 Å². The number of carbonyl (C=O) groups excluding carboxylic acids is 3. The van der Waals surface area contributed by atoms with Crippen LogP contribution in [0, 0.1) is 0 Å². The molecule has 1 aromatic rings. The summed E-state index contributed by atoms with van der Waals surface area (Å²) in [4.78, 5) is 36.8. The maximum Gasteiger partial charge on any atom is 0.510 e. The van der Waals surface area contributed by atoms with Crippen molar-refractivity contribution >= 4 is 17.8 Å². The number of fused-ring (bicyclic) bond motifs is 1.